The third-order valence-electron chi connectivity index (χ3n) is 3.50. The van der Waals surface area contributed by atoms with E-state index in [0.717, 1.165) is 30.7 Å². The van der Waals surface area contributed by atoms with Crippen LogP contribution < -0.4 is 10.6 Å². The standard InChI is InChI=1S/C15H14F3N3O2S/c16-15(17,18)9-3-1-2-4-10(9)20-12(22)7-11-13(23)21-14(24-11)19-8-5-6-8/h1-4,8,11H,5-7H2,(H,20,22)(H,19,21,23)/t11-/m1/s1. The molecular weight excluding hydrogens is 343 g/mol. The highest BCUT2D eigenvalue weighted by atomic mass is 32.2. The van der Waals surface area contributed by atoms with Gasteiger partial charge in [0.2, 0.25) is 11.8 Å². The first-order valence-corrected chi connectivity index (χ1v) is 8.22. The molecule has 1 saturated heterocycles. The molecule has 1 saturated carbocycles. The Bertz CT molecular complexity index is 701. The molecule has 1 aliphatic heterocycles. The molecule has 1 aromatic rings. The summed E-state index contributed by atoms with van der Waals surface area (Å²) in [5.41, 5.74) is -1.23. The number of carbonyl (C=O) groups is 2. The van der Waals surface area contributed by atoms with Gasteiger partial charge in [0.05, 0.1) is 17.3 Å². The van der Waals surface area contributed by atoms with E-state index in [1.54, 1.807) is 0 Å². The Morgan fingerprint density at radius 3 is 2.71 bits per heavy atom. The molecule has 0 unspecified atom stereocenters. The summed E-state index contributed by atoms with van der Waals surface area (Å²) in [6.07, 6.45) is -2.81. The minimum absolute atomic E-state index is 0.216. The summed E-state index contributed by atoms with van der Waals surface area (Å²) in [5.74, 6) is -0.995. The zero-order valence-electron chi connectivity index (χ0n) is 12.4. The van der Waals surface area contributed by atoms with Crippen molar-refractivity contribution in [3.05, 3.63) is 29.8 Å². The number of carbonyl (C=O) groups excluding carboxylic acids is 2. The third kappa shape index (κ3) is 4.08. The maximum Gasteiger partial charge on any atom is 0.418 e. The number of amidine groups is 1. The number of halogens is 3. The number of rotatable bonds is 4. The molecule has 24 heavy (non-hydrogen) atoms. The smallest absolute Gasteiger partial charge is 0.325 e. The van der Waals surface area contributed by atoms with E-state index in [1.165, 1.54) is 18.2 Å². The molecule has 2 aliphatic rings. The summed E-state index contributed by atoms with van der Waals surface area (Å²) >= 11 is 1.14. The lowest BCUT2D eigenvalue weighted by atomic mass is 10.1. The van der Waals surface area contributed by atoms with Crippen molar-refractivity contribution < 1.29 is 22.8 Å². The van der Waals surface area contributed by atoms with E-state index in [-0.39, 0.29) is 24.1 Å². The van der Waals surface area contributed by atoms with Crippen molar-refractivity contribution in [3.8, 4) is 0 Å². The van der Waals surface area contributed by atoms with Crippen LogP contribution in [0.4, 0.5) is 18.9 Å². The van der Waals surface area contributed by atoms with Crippen LogP contribution >= 0.6 is 11.8 Å². The second-order valence-electron chi connectivity index (χ2n) is 5.56. The normalized spacial score (nSPS) is 22.5. The number of para-hydroxylation sites is 1. The van der Waals surface area contributed by atoms with Gasteiger partial charge in [-0.25, -0.2) is 0 Å². The molecule has 0 spiro atoms. The molecule has 0 radical (unpaired) electrons. The van der Waals surface area contributed by atoms with Gasteiger partial charge in [-0.3, -0.25) is 14.6 Å². The molecule has 0 bridgehead atoms. The number of hydrogen-bond donors (Lipinski definition) is 2. The third-order valence-corrected chi connectivity index (χ3v) is 4.60. The number of thioether (sulfide) groups is 1. The number of anilines is 1. The fourth-order valence-electron chi connectivity index (χ4n) is 2.18. The average Bonchev–Trinajstić information content (AvgIpc) is 3.23. The van der Waals surface area contributed by atoms with E-state index in [0.29, 0.717) is 5.17 Å². The van der Waals surface area contributed by atoms with Gasteiger partial charge < -0.3 is 10.6 Å². The first kappa shape index (κ1) is 16.8. The van der Waals surface area contributed by atoms with Gasteiger partial charge in [-0.05, 0) is 25.0 Å². The topological polar surface area (TPSA) is 70.6 Å². The summed E-state index contributed by atoms with van der Waals surface area (Å²) in [6, 6.07) is 4.97. The van der Waals surface area contributed by atoms with E-state index < -0.39 is 22.9 Å². The largest absolute Gasteiger partial charge is 0.418 e. The predicted molar refractivity (Wildman–Crippen MR) is 84.7 cm³/mol. The number of hydrogen-bond acceptors (Lipinski definition) is 4. The van der Waals surface area contributed by atoms with Crippen molar-refractivity contribution in [2.24, 2.45) is 4.99 Å². The summed E-state index contributed by atoms with van der Waals surface area (Å²) in [7, 11) is 0. The quantitative estimate of drug-likeness (QED) is 0.871. The van der Waals surface area contributed by atoms with E-state index in [1.807, 2.05) is 0 Å². The van der Waals surface area contributed by atoms with Crippen LogP contribution in [-0.2, 0) is 15.8 Å². The van der Waals surface area contributed by atoms with Crippen LogP contribution in [0.2, 0.25) is 0 Å². The van der Waals surface area contributed by atoms with Gasteiger partial charge in [-0.2, -0.15) is 13.2 Å². The minimum Gasteiger partial charge on any atom is -0.325 e. The van der Waals surface area contributed by atoms with Gasteiger partial charge >= 0.3 is 6.18 Å². The molecule has 1 heterocycles. The summed E-state index contributed by atoms with van der Waals surface area (Å²) in [6.45, 7) is 0. The first-order chi connectivity index (χ1) is 11.3. The molecule has 0 aromatic heterocycles. The van der Waals surface area contributed by atoms with Gasteiger partial charge in [0.1, 0.15) is 5.25 Å². The number of amides is 2. The molecule has 1 atom stereocenters. The van der Waals surface area contributed by atoms with E-state index in [9.17, 15) is 22.8 Å². The van der Waals surface area contributed by atoms with Crippen LogP contribution in [0.3, 0.4) is 0 Å². The maximum absolute atomic E-state index is 12.9. The molecule has 9 heteroatoms. The Labute approximate surface area is 140 Å². The Balaban J connectivity index is 1.63. The Morgan fingerprint density at radius 2 is 2.04 bits per heavy atom. The molecule has 5 nitrogen and oxygen atoms in total. The lowest BCUT2D eigenvalue weighted by Crippen LogP contribution is -2.28. The molecule has 3 rings (SSSR count). The van der Waals surface area contributed by atoms with Crippen LogP contribution in [-0.4, -0.2) is 28.3 Å². The Kier molecular flexibility index (Phi) is 4.53. The highest BCUT2D eigenvalue weighted by molar-refractivity contribution is 8.15. The second kappa shape index (κ2) is 6.46. The zero-order valence-corrected chi connectivity index (χ0v) is 13.2. The molecule has 2 fully saturated rings. The highest BCUT2D eigenvalue weighted by Gasteiger charge is 2.36. The SMILES string of the molecule is O=C(C[C@H]1SC(=NC2CC2)NC1=O)Nc1ccccc1C(F)(F)F. The lowest BCUT2D eigenvalue weighted by molar-refractivity contribution is -0.137. The average molecular weight is 357 g/mol. The minimum atomic E-state index is -4.56. The number of nitrogens with zero attached hydrogens (tertiary/aromatic N) is 1. The lowest BCUT2D eigenvalue weighted by Gasteiger charge is -2.14. The van der Waals surface area contributed by atoms with Gasteiger partial charge in [-0.1, -0.05) is 23.9 Å². The number of nitrogens with one attached hydrogen (secondary N) is 2. The van der Waals surface area contributed by atoms with Crippen molar-refractivity contribution in [2.45, 2.75) is 36.7 Å². The number of benzene rings is 1. The zero-order chi connectivity index (χ0) is 17.3. The molecule has 2 N–H and O–H groups in total. The van der Waals surface area contributed by atoms with Gasteiger partial charge in [0.25, 0.3) is 0 Å². The van der Waals surface area contributed by atoms with Crippen molar-refractivity contribution in [1.82, 2.24) is 5.32 Å². The van der Waals surface area contributed by atoms with Crippen molar-refractivity contribution in [1.29, 1.82) is 0 Å². The van der Waals surface area contributed by atoms with Crippen molar-refractivity contribution >= 4 is 34.4 Å². The molecular formula is C15H14F3N3O2S. The van der Waals surface area contributed by atoms with E-state index in [4.69, 9.17) is 0 Å². The number of alkyl halides is 3. The Hall–Kier alpha value is -2.03. The highest BCUT2D eigenvalue weighted by Crippen LogP contribution is 2.35. The molecule has 2 amide bonds. The van der Waals surface area contributed by atoms with Gasteiger partial charge in [0, 0.05) is 6.42 Å². The fraction of sp³-hybridized carbons (Fsp3) is 0.400. The summed E-state index contributed by atoms with van der Waals surface area (Å²) < 4.78 is 38.7. The molecule has 128 valence electrons. The second-order valence-corrected chi connectivity index (χ2v) is 6.75. The van der Waals surface area contributed by atoms with Crippen LogP contribution in [0.5, 0.6) is 0 Å². The summed E-state index contributed by atoms with van der Waals surface area (Å²) in [5, 5.41) is 4.64. The summed E-state index contributed by atoms with van der Waals surface area (Å²) in [4.78, 5) is 28.1. The van der Waals surface area contributed by atoms with E-state index >= 15 is 0 Å². The van der Waals surface area contributed by atoms with Crippen LogP contribution in [0, 0.1) is 0 Å². The fourth-order valence-corrected chi connectivity index (χ4v) is 3.22. The Morgan fingerprint density at radius 1 is 1.33 bits per heavy atom. The van der Waals surface area contributed by atoms with Crippen molar-refractivity contribution in [3.63, 3.8) is 0 Å². The number of aliphatic imine (C=N–C) groups is 1. The van der Waals surface area contributed by atoms with Crippen LogP contribution in [0.1, 0.15) is 24.8 Å². The van der Waals surface area contributed by atoms with E-state index in [2.05, 4.69) is 15.6 Å². The monoisotopic (exact) mass is 357 g/mol. The molecule has 1 aliphatic carbocycles. The van der Waals surface area contributed by atoms with Gasteiger partial charge in [-0.15, -0.1) is 0 Å². The molecule has 1 aromatic carbocycles. The van der Waals surface area contributed by atoms with Crippen LogP contribution in [0.15, 0.2) is 29.3 Å². The van der Waals surface area contributed by atoms with Crippen molar-refractivity contribution in [2.75, 3.05) is 5.32 Å². The maximum atomic E-state index is 12.9. The van der Waals surface area contributed by atoms with Gasteiger partial charge in [0.15, 0.2) is 5.17 Å². The first-order valence-electron chi connectivity index (χ1n) is 7.34. The predicted octanol–water partition coefficient (Wildman–Crippen LogP) is 2.78. The van der Waals surface area contributed by atoms with Crippen LogP contribution in [0.25, 0.3) is 0 Å².